The number of rotatable bonds is 7. The van der Waals surface area contributed by atoms with E-state index < -0.39 is 0 Å². The Morgan fingerprint density at radius 2 is 1.68 bits per heavy atom. The maximum absolute atomic E-state index is 6.29. The number of hydrogen-bond acceptors (Lipinski definition) is 3. The molecule has 0 saturated carbocycles. The molecule has 2 aromatic carbocycles. The first-order chi connectivity index (χ1) is 10.7. The highest BCUT2D eigenvalue weighted by molar-refractivity contribution is 6.31. The van der Waals surface area contributed by atoms with Crippen LogP contribution in [0.3, 0.4) is 0 Å². The lowest BCUT2D eigenvalue weighted by Gasteiger charge is -2.15. The molecule has 3 nitrogen and oxygen atoms in total. The monoisotopic (exact) mass is 339 g/mol. The summed E-state index contributed by atoms with van der Waals surface area (Å²) in [6.45, 7) is 3.53. The zero-order valence-electron chi connectivity index (χ0n) is 12.7. The smallest absolute Gasteiger partial charge is 0.163 e. The van der Waals surface area contributed by atoms with Crippen LogP contribution in [0.1, 0.15) is 18.1 Å². The van der Waals surface area contributed by atoms with Gasteiger partial charge in [-0.2, -0.15) is 0 Å². The van der Waals surface area contributed by atoms with Gasteiger partial charge in [0.2, 0.25) is 0 Å². The van der Waals surface area contributed by atoms with Crippen molar-refractivity contribution in [2.45, 2.75) is 20.1 Å². The Bertz CT molecular complexity index is 632. The second-order valence-corrected chi connectivity index (χ2v) is 5.55. The van der Waals surface area contributed by atoms with Gasteiger partial charge in [-0.1, -0.05) is 41.4 Å². The summed E-state index contributed by atoms with van der Waals surface area (Å²) in [5, 5.41) is 4.41. The topological polar surface area (TPSA) is 30.5 Å². The van der Waals surface area contributed by atoms with Gasteiger partial charge in [0.25, 0.3) is 0 Å². The lowest BCUT2D eigenvalue weighted by molar-refractivity contribution is 0.269. The second-order valence-electron chi connectivity index (χ2n) is 4.73. The van der Waals surface area contributed by atoms with Crippen LogP contribution in [0, 0.1) is 0 Å². The Hall–Kier alpha value is -1.42. The molecule has 118 valence electrons. The Kier molecular flexibility index (Phi) is 6.37. The van der Waals surface area contributed by atoms with Crippen LogP contribution in [0.5, 0.6) is 11.5 Å². The van der Waals surface area contributed by atoms with Crippen molar-refractivity contribution in [3.63, 3.8) is 0 Å². The summed E-state index contributed by atoms with van der Waals surface area (Å²) in [6, 6.07) is 11.3. The predicted octanol–water partition coefficient (Wildman–Crippen LogP) is 4.69. The molecule has 0 fully saturated rings. The fourth-order valence-electron chi connectivity index (χ4n) is 2.06. The van der Waals surface area contributed by atoms with E-state index in [2.05, 4.69) is 5.32 Å². The van der Waals surface area contributed by atoms with Gasteiger partial charge in [-0.25, -0.2) is 0 Å². The first kappa shape index (κ1) is 16.9. The standard InChI is InChI=1S/C17H19Cl2NO2/c1-3-21-16-8-13(10-20-2)15(19)9-17(16)22-11-12-6-4-5-7-14(12)18/h4-9,20H,3,10-11H2,1-2H3. The van der Waals surface area contributed by atoms with Crippen molar-refractivity contribution in [2.75, 3.05) is 13.7 Å². The molecule has 2 aromatic rings. The highest BCUT2D eigenvalue weighted by Gasteiger charge is 2.11. The minimum atomic E-state index is 0.363. The van der Waals surface area contributed by atoms with Crippen molar-refractivity contribution < 1.29 is 9.47 Å². The second kappa shape index (κ2) is 8.28. The third-order valence-electron chi connectivity index (χ3n) is 3.12. The van der Waals surface area contributed by atoms with E-state index in [9.17, 15) is 0 Å². The molecule has 0 spiro atoms. The van der Waals surface area contributed by atoms with Crippen LogP contribution in [0.15, 0.2) is 36.4 Å². The first-order valence-corrected chi connectivity index (χ1v) is 7.87. The molecular weight excluding hydrogens is 321 g/mol. The highest BCUT2D eigenvalue weighted by atomic mass is 35.5. The normalized spacial score (nSPS) is 10.5. The van der Waals surface area contributed by atoms with Crippen molar-refractivity contribution >= 4 is 23.2 Å². The SMILES string of the molecule is CCOc1cc(CNC)c(Cl)cc1OCc1ccccc1Cl. The summed E-state index contributed by atoms with van der Waals surface area (Å²) in [5.41, 5.74) is 1.89. The Labute approximate surface area is 141 Å². The van der Waals surface area contributed by atoms with Crippen LogP contribution < -0.4 is 14.8 Å². The molecule has 0 aromatic heterocycles. The van der Waals surface area contributed by atoms with Crippen molar-refractivity contribution in [2.24, 2.45) is 0 Å². The van der Waals surface area contributed by atoms with Gasteiger partial charge in [-0.15, -0.1) is 0 Å². The third kappa shape index (κ3) is 4.29. The molecule has 0 radical (unpaired) electrons. The fraction of sp³-hybridized carbons (Fsp3) is 0.294. The molecule has 22 heavy (non-hydrogen) atoms. The van der Waals surface area contributed by atoms with Crippen LogP contribution in [0.25, 0.3) is 0 Å². The van der Waals surface area contributed by atoms with E-state index in [1.54, 1.807) is 6.07 Å². The quantitative estimate of drug-likeness (QED) is 0.793. The number of ether oxygens (including phenoxy) is 2. The van der Waals surface area contributed by atoms with Gasteiger partial charge in [0.1, 0.15) is 6.61 Å². The Balaban J connectivity index is 2.22. The zero-order valence-corrected chi connectivity index (χ0v) is 14.2. The van der Waals surface area contributed by atoms with Crippen molar-refractivity contribution in [1.82, 2.24) is 5.32 Å². The lowest BCUT2D eigenvalue weighted by Crippen LogP contribution is -2.07. The summed E-state index contributed by atoms with van der Waals surface area (Å²) in [6.07, 6.45) is 0. The molecule has 0 aliphatic carbocycles. The van der Waals surface area contributed by atoms with Crippen molar-refractivity contribution in [3.8, 4) is 11.5 Å². The molecule has 2 rings (SSSR count). The molecule has 5 heteroatoms. The molecular formula is C17H19Cl2NO2. The van der Waals surface area contributed by atoms with Gasteiger partial charge >= 0.3 is 0 Å². The highest BCUT2D eigenvalue weighted by Crippen LogP contribution is 2.34. The van der Waals surface area contributed by atoms with Crippen LogP contribution in [0.4, 0.5) is 0 Å². The van der Waals surface area contributed by atoms with Gasteiger partial charge in [-0.05, 0) is 31.7 Å². The maximum atomic E-state index is 6.29. The van der Waals surface area contributed by atoms with Gasteiger partial charge in [0, 0.05) is 28.2 Å². The third-order valence-corrected chi connectivity index (χ3v) is 3.84. The van der Waals surface area contributed by atoms with E-state index in [0.717, 1.165) is 11.1 Å². The first-order valence-electron chi connectivity index (χ1n) is 7.11. The van der Waals surface area contributed by atoms with E-state index >= 15 is 0 Å². The zero-order chi connectivity index (χ0) is 15.9. The van der Waals surface area contributed by atoms with E-state index in [4.69, 9.17) is 32.7 Å². The van der Waals surface area contributed by atoms with Crippen molar-refractivity contribution in [3.05, 3.63) is 57.6 Å². The summed E-state index contributed by atoms with van der Waals surface area (Å²) in [5.74, 6) is 1.30. The molecule has 0 heterocycles. The van der Waals surface area contributed by atoms with Crippen LogP contribution in [-0.2, 0) is 13.2 Å². The summed E-state index contributed by atoms with van der Waals surface area (Å²) in [7, 11) is 1.87. The Morgan fingerprint density at radius 1 is 0.955 bits per heavy atom. The molecule has 0 aliphatic rings. The molecule has 1 N–H and O–H groups in total. The molecule has 0 bridgehead atoms. The van der Waals surface area contributed by atoms with E-state index in [0.29, 0.717) is 41.3 Å². The number of benzene rings is 2. The summed E-state index contributed by atoms with van der Waals surface area (Å²) >= 11 is 12.4. The van der Waals surface area contributed by atoms with Crippen LogP contribution >= 0.6 is 23.2 Å². The Morgan fingerprint density at radius 3 is 2.36 bits per heavy atom. The van der Waals surface area contributed by atoms with E-state index in [1.165, 1.54) is 0 Å². The predicted molar refractivity (Wildman–Crippen MR) is 91.2 cm³/mol. The van der Waals surface area contributed by atoms with Gasteiger partial charge in [0.15, 0.2) is 11.5 Å². The van der Waals surface area contributed by atoms with E-state index in [-0.39, 0.29) is 0 Å². The summed E-state index contributed by atoms with van der Waals surface area (Å²) in [4.78, 5) is 0. The van der Waals surface area contributed by atoms with E-state index in [1.807, 2.05) is 44.3 Å². The lowest BCUT2D eigenvalue weighted by atomic mass is 10.2. The maximum Gasteiger partial charge on any atom is 0.163 e. The molecule has 0 unspecified atom stereocenters. The molecule has 0 amide bonds. The van der Waals surface area contributed by atoms with Gasteiger partial charge < -0.3 is 14.8 Å². The minimum Gasteiger partial charge on any atom is -0.490 e. The number of hydrogen-bond donors (Lipinski definition) is 1. The average molecular weight is 340 g/mol. The largest absolute Gasteiger partial charge is 0.490 e. The van der Waals surface area contributed by atoms with Crippen LogP contribution in [0.2, 0.25) is 10.0 Å². The molecule has 0 aliphatic heterocycles. The van der Waals surface area contributed by atoms with Gasteiger partial charge in [0.05, 0.1) is 6.61 Å². The fourth-order valence-corrected chi connectivity index (χ4v) is 2.47. The van der Waals surface area contributed by atoms with Crippen LogP contribution in [-0.4, -0.2) is 13.7 Å². The average Bonchev–Trinajstić information content (AvgIpc) is 2.50. The summed E-state index contributed by atoms with van der Waals surface area (Å²) < 4.78 is 11.5. The molecule has 0 atom stereocenters. The molecule has 0 saturated heterocycles. The number of halogens is 2. The van der Waals surface area contributed by atoms with Gasteiger partial charge in [-0.3, -0.25) is 0 Å². The number of nitrogens with one attached hydrogen (secondary N) is 1. The minimum absolute atomic E-state index is 0.363. The van der Waals surface area contributed by atoms with Crippen molar-refractivity contribution in [1.29, 1.82) is 0 Å².